The van der Waals surface area contributed by atoms with E-state index in [1.54, 1.807) is 6.07 Å². The summed E-state index contributed by atoms with van der Waals surface area (Å²) >= 11 is 1.52. The van der Waals surface area contributed by atoms with Gasteiger partial charge in [0.2, 0.25) is 0 Å². The molecule has 2 aromatic heterocycles. The van der Waals surface area contributed by atoms with Crippen LogP contribution < -0.4 is 10.2 Å². The first-order valence-electron chi connectivity index (χ1n) is 9.12. The highest BCUT2D eigenvalue weighted by Gasteiger charge is 2.21. The Labute approximate surface area is 162 Å². The number of amides is 1. The van der Waals surface area contributed by atoms with Crippen molar-refractivity contribution in [3.8, 4) is 0 Å². The van der Waals surface area contributed by atoms with Crippen LogP contribution in [0.1, 0.15) is 58.6 Å². The largest absolute Gasteiger partial charge is 0.477 e. The van der Waals surface area contributed by atoms with E-state index in [9.17, 15) is 9.59 Å². The predicted octanol–water partition coefficient (Wildman–Crippen LogP) is 3.01. The van der Waals surface area contributed by atoms with Crippen LogP contribution in [0.15, 0.2) is 23.7 Å². The number of hydrogen-bond donors (Lipinski definition) is 2. The normalized spacial score (nSPS) is 15.1. The van der Waals surface area contributed by atoms with Crippen LogP contribution >= 0.6 is 11.3 Å². The van der Waals surface area contributed by atoms with Gasteiger partial charge in [-0.3, -0.25) is 4.79 Å². The molecule has 0 unspecified atom stereocenters. The first kappa shape index (κ1) is 19.3. The molecular formula is C19H24N4O3S. The predicted molar refractivity (Wildman–Crippen MR) is 105 cm³/mol. The number of carboxylic acids is 1. The topological polar surface area (TPSA) is 95.4 Å². The molecule has 8 heteroatoms. The Hall–Kier alpha value is -2.48. The van der Waals surface area contributed by atoms with Gasteiger partial charge in [-0.1, -0.05) is 13.8 Å². The zero-order valence-electron chi connectivity index (χ0n) is 15.5. The lowest BCUT2D eigenvalue weighted by Crippen LogP contribution is -2.38. The summed E-state index contributed by atoms with van der Waals surface area (Å²) in [5.41, 5.74) is 1.44. The Morgan fingerprint density at radius 2 is 2.07 bits per heavy atom. The van der Waals surface area contributed by atoms with Gasteiger partial charge in [-0.2, -0.15) is 0 Å². The lowest BCUT2D eigenvalue weighted by Gasteiger charge is -2.33. The maximum atomic E-state index is 12.3. The minimum absolute atomic E-state index is 0.0610. The standard InChI is InChI=1S/C19H24N4O3S/c1-12(2)18-22-16(11-27-18)17(24)21-10-13-4-7-23(8-5-13)14-3-6-20-15(9-14)19(25)26/h3,6,9,11-13H,4-5,7-8,10H2,1-2H3,(H,21,24)(H,25,26). The third-order valence-corrected chi connectivity index (χ3v) is 5.89. The number of nitrogens with zero attached hydrogens (tertiary/aromatic N) is 3. The van der Waals surface area contributed by atoms with Crippen LogP contribution in [0, 0.1) is 5.92 Å². The van der Waals surface area contributed by atoms with Crippen molar-refractivity contribution >= 4 is 28.9 Å². The number of nitrogens with one attached hydrogen (secondary N) is 1. The summed E-state index contributed by atoms with van der Waals surface area (Å²) in [4.78, 5) is 33.8. The molecule has 2 aromatic rings. The van der Waals surface area contributed by atoms with E-state index >= 15 is 0 Å². The molecular weight excluding hydrogens is 364 g/mol. The maximum Gasteiger partial charge on any atom is 0.354 e. The Morgan fingerprint density at radius 3 is 2.70 bits per heavy atom. The van der Waals surface area contributed by atoms with Crippen molar-refractivity contribution in [3.63, 3.8) is 0 Å². The SMILES string of the molecule is CC(C)c1nc(C(=O)NCC2CCN(c3ccnc(C(=O)O)c3)CC2)cs1. The molecule has 0 bridgehead atoms. The molecule has 0 radical (unpaired) electrons. The highest BCUT2D eigenvalue weighted by atomic mass is 32.1. The van der Waals surface area contributed by atoms with Crippen molar-refractivity contribution < 1.29 is 14.7 Å². The van der Waals surface area contributed by atoms with Crippen molar-refractivity contribution in [2.24, 2.45) is 5.92 Å². The minimum Gasteiger partial charge on any atom is -0.477 e. The van der Waals surface area contributed by atoms with E-state index in [0.29, 0.717) is 24.1 Å². The summed E-state index contributed by atoms with van der Waals surface area (Å²) in [5, 5.41) is 14.9. The number of aromatic carboxylic acids is 1. The molecule has 0 aromatic carbocycles. The fourth-order valence-electron chi connectivity index (χ4n) is 3.11. The van der Waals surface area contributed by atoms with Crippen molar-refractivity contribution in [3.05, 3.63) is 40.1 Å². The summed E-state index contributed by atoms with van der Waals surface area (Å²) in [6.07, 6.45) is 3.42. The van der Waals surface area contributed by atoms with Crippen molar-refractivity contribution in [2.45, 2.75) is 32.6 Å². The minimum atomic E-state index is -1.02. The molecule has 1 fully saturated rings. The van der Waals surface area contributed by atoms with Crippen LogP contribution in [0.2, 0.25) is 0 Å². The molecule has 1 aliphatic heterocycles. The Bertz CT molecular complexity index is 813. The van der Waals surface area contributed by atoms with Gasteiger partial charge in [0.1, 0.15) is 11.4 Å². The fraction of sp³-hybridized carbons (Fsp3) is 0.474. The molecule has 1 amide bonds. The van der Waals surface area contributed by atoms with Crippen molar-refractivity contribution in [2.75, 3.05) is 24.5 Å². The van der Waals surface area contributed by atoms with E-state index in [1.165, 1.54) is 17.5 Å². The van der Waals surface area contributed by atoms with E-state index in [2.05, 4.69) is 34.0 Å². The van der Waals surface area contributed by atoms with Gasteiger partial charge in [0.05, 0.1) is 5.01 Å². The van der Waals surface area contributed by atoms with Crippen LogP contribution in [0.25, 0.3) is 0 Å². The Kier molecular flexibility index (Phi) is 6.05. The second-order valence-corrected chi connectivity index (χ2v) is 7.96. The molecule has 0 atom stereocenters. The van der Waals surface area contributed by atoms with Gasteiger partial charge in [-0.25, -0.2) is 14.8 Å². The van der Waals surface area contributed by atoms with Crippen molar-refractivity contribution in [1.29, 1.82) is 0 Å². The van der Waals surface area contributed by atoms with Crippen LogP contribution in [0.4, 0.5) is 5.69 Å². The third-order valence-electron chi connectivity index (χ3n) is 4.74. The van der Waals surface area contributed by atoms with E-state index in [4.69, 9.17) is 5.11 Å². The average molecular weight is 388 g/mol. The van der Waals surface area contributed by atoms with Gasteiger partial charge in [0.15, 0.2) is 0 Å². The summed E-state index contributed by atoms with van der Waals surface area (Å²) in [7, 11) is 0. The quantitative estimate of drug-likeness (QED) is 0.790. The third kappa shape index (κ3) is 4.82. The summed E-state index contributed by atoms with van der Waals surface area (Å²) in [5.74, 6) is -0.386. The first-order chi connectivity index (χ1) is 12.9. The zero-order valence-corrected chi connectivity index (χ0v) is 16.3. The second-order valence-electron chi connectivity index (χ2n) is 7.07. The molecule has 1 saturated heterocycles. The molecule has 2 N–H and O–H groups in total. The molecule has 144 valence electrons. The zero-order chi connectivity index (χ0) is 19.4. The number of pyridine rings is 1. The molecule has 27 heavy (non-hydrogen) atoms. The van der Waals surface area contributed by atoms with E-state index in [1.807, 2.05) is 11.4 Å². The summed E-state index contributed by atoms with van der Waals surface area (Å²) in [6, 6.07) is 3.45. The lowest BCUT2D eigenvalue weighted by atomic mass is 9.96. The number of carbonyl (C=O) groups is 2. The van der Waals surface area contributed by atoms with Crippen LogP contribution in [0.3, 0.4) is 0 Å². The highest BCUT2D eigenvalue weighted by molar-refractivity contribution is 7.09. The fourth-order valence-corrected chi connectivity index (χ4v) is 3.93. The van der Waals surface area contributed by atoms with Crippen molar-refractivity contribution in [1.82, 2.24) is 15.3 Å². The van der Waals surface area contributed by atoms with Gasteiger partial charge < -0.3 is 15.3 Å². The molecule has 0 spiro atoms. The molecule has 0 aliphatic carbocycles. The van der Waals surface area contributed by atoms with Gasteiger partial charge in [-0.15, -0.1) is 11.3 Å². The number of thiazole rings is 1. The van der Waals surface area contributed by atoms with Crippen LogP contribution in [-0.2, 0) is 0 Å². The lowest BCUT2D eigenvalue weighted by molar-refractivity contribution is 0.0690. The number of carboxylic acid groups (broad SMARTS) is 1. The number of piperidine rings is 1. The average Bonchev–Trinajstić information content (AvgIpc) is 3.17. The van der Waals surface area contributed by atoms with E-state index in [-0.39, 0.29) is 11.6 Å². The number of rotatable bonds is 6. The van der Waals surface area contributed by atoms with Gasteiger partial charge in [-0.05, 0) is 30.9 Å². The van der Waals surface area contributed by atoms with Gasteiger partial charge in [0, 0.05) is 42.8 Å². The monoisotopic (exact) mass is 388 g/mol. The number of hydrogen-bond acceptors (Lipinski definition) is 6. The Balaban J connectivity index is 1.48. The van der Waals surface area contributed by atoms with Gasteiger partial charge in [0.25, 0.3) is 5.91 Å². The molecule has 1 aliphatic rings. The summed E-state index contributed by atoms with van der Waals surface area (Å²) in [6.45, 7) is 6.43. The molecule has 3 heterocycles. The molecule has 0 saturated carbocycles. The number of aromatic nitrogens is 2. The second kappa shape index (κ2) is 8.47. The van der Waals surface area contributed by atoms with E-state index < -0.39 is 5.97 Å². The van der Waals surface area contributed by atoms with Crippen LogP contribution in [0.5, 0.6) is 0 Å². The number of carbonyl (C=O) groups excluding carboxylic acids is 1. The molecule has 3 rings (SSSR count). The number of anilines is 1. The van der Waals surface area contributed by atoms with Crippen LogP contribution in [-0.4, -0.2) is 46.6 Å². The highest BCUT2D eigenvalue weighted by Crippen LogP contribution is 2.23. The smallest absolute Gasteiger partial charge is 0.354 e. The summed E-state index contributed by atoms with van der Waals surface area (Å²) < 4.78 is 0. The Morgan fingerprint density at radius 1 is 1.33 bits per heavy atom. The maximum absolute atomic E-state index is 12.3. The molecule has 7 nitrogen and oxygen atoms in total. The van der Waals surface area contributed by atoms with E-state index in [0.717, 1.165) is 36.6 Å². The van der Waals surface area contributed by atoms with Gasteiger partial charge >= 0.3 is 5.97 Å². The first-order valence-corrected chi connectivity index (χ1v) is 10.00.